The minimum absolute atomic E-state index is 0.0511. The Morgan fingerprint density at radius 2 is 2.03 bits per heavy atom. The number of benzene rings is 1. The lowest BCUT2D eigenvalue weighted by atomic mass is 9.77. The maximum atomic E-state index is 12.8. The molecule has 2 heterocycles. The van der Waals surface area contributed by atoms with E-state index in [1.807, 2.05) is 37.8 Å². The monoisotopic (exact) mass is 400 g/mol. The van der Waals surface area contributed by atoms with Crippen LogP contribution in [0.3, 0.4) is 0 Å². The minimum Gasteiger partial charge on any atom is -0.496 e. The molecule has 0 saturated carbocycles. The second kappa shape index (κ2) is 8.56. The smallest absolute Gasteiger partial charge is 0.303 e. The number of rotatable bonds is 5. The van der Waals surface area contributed by atoms with Crippen molar-refractivity contribution in [1.29, 1.82) is 0 Å². The van der Waals surface area contributed by atoms with Crippen LogP contribution in [0.15, 0.2) is 23.2 Å². The molecule has 1 fully saturated rings. The molecule has 0 spiro atoms. The number of nitrogens with zero attached hydrogens (tertiary/aromatic N) is 2. The van der Waals surface area contributed by atoms with E-state index >= 15 is 0 Å². The number of aliphatic carboxylic acids is 1. The van der Waals surface area contributed by atoms with E-state index < -0.39 is 11.4 Å². The standard InChI is InChI=1S/C23H32N2O4/c1-23(2,3)22(28)25-11-9-15(13-21(26)27)16(14-25)12-19-17-6-5-7-20(29-4)18(17)8-10-24-19/h5-7,15-16H,8-14H2,1-4H3,(H,26,27)/t15-,16-/m0/s1. The zero-order chi connectivity index (χ0) is 21.2. The molecule has 0 bridgehead atoms. The predicted octanol–water partition coefficient (Wildman–Crippen LogP) is 3.42. The lowest BCUT2D eigenvalue weighted by Gasteiger charge is -2.41. The lowest BCUT2D eigenvalue weighted by Crippen LogP contribution is -2.48. The van der Waals surface area contributed by atoms with Gasteiger partial charge in [0.2, 0.25) is 5.91 Å². The van der Waals surface area contributed by atoms with Crippen molar-refractivity contribution < 1.29 is 19.4 Å². The molecule has 0 radical (unpaired) electrons. The zero-order valence-electron chi connectivity index (χ0n) is 17.9. The van der Waals surface area contributed by atoms with E-state index in [0.717, 1.165) is 29.9 Å². The lowest BCUT2D eigenvalue weighted by molar-refractivity contribution is -0.143. The molecule has 1 N–H and O–H groups in total. The Balaban J connectivity index is 1.84. The van der Waals surface area contributed by atoms with Gasteiger partial charge in [-0.05, 0) is 37.2 Å². The van der Waals surface area contributed by atoms with Crippen molar-refractivity contribution in [3.05, 3.63) is 29.3 Å². The first-order valence-corrected chi connectivity index (χ1v) is 10.4. The Labute approximate surface area is 173 Å². The number of carbonyl (C=O) groups is 2. The Bertz CT molecular complexity index is 810. The quantitative estimate of drug-likeness (QED) is 0.821. The Morgan fingerprint density at radius 3 is 2.69 bits per heavy atom. The maximum Gasteiger partial charge on any atom is 0.303 e. The molecule has 1 saturated heterocycles. The molecule has 0 unspecified atom stereocenters. The van der Waals surface area contributed by atoms with Crippen molar-refractivity contribution >= 4 is 17.6 Å². The van der Waals surface area contributed by atoms with Crippen LogP contribution in [0.1, 0.15) is 51.2 Å². The van der Waals surface area contributed by atoms with Crippen molar-refractivity contribution in [2.75, 3.05) is 26.7 Å². The molecule has 3 rings (SSSR count). The molecule has 6 nitrogen and oxygen atoms in total. The topological polar surface area (TPSA) is 79.2 Å². The highest BCUT2D eigenvalue weighted by atomic mass is 16.5. The van der Waals surface area contributed by atoms with Gasteiger partial charge in [0.1, 0.15) is 5.75 Å². The van der Waals surface area contributed by atoms with Crippen molar-refractivity contribution in [2.45, 2.75) is 46.5 Å². The van der Waals surface area contributed by atoms with Crippen LogP contribution in [-0.4, -0.2) is 54.3 Å². The van der Waals surface area contributed by atoms with Crippen LogP contribution >= 0.6 is 0 Å². The van der Waals surface area contributed by atoms with Gasteiger partial charge in [-0.3, -0.25) is 14.6 Å². The van der Waals surface area contributed by atoms with Gasteiger partial charge < -0.3 is 14.7 Å². The Morgan fingerprint density at radius 1 is 1.28 bits per heavy atom. The van der Waals surface area contributed by atoms with Gasteiger partial charge in [-0.15, -0.1) is 0 Å². The molecule has 158 valence electrons. The molecule has 1 aromatic rings. The third-order valence-electron chi connectivity index (χ3n) is 6.04. The maximum absolute atomic E-state index is 12.8. The summed E-state index contributed by atoms with van der Waals surface area (Å²) in [6.45, 7) is 7.72. The van der Waals surface area contributed by atoms with E-state index in [0.29, 0.717) is 26.1 Å². The van der Waals surface area contributed by atoms with Crippen LogP contribution in [-0.2, 0) is 16.0 Å². The molecular formula is C23H32N2O4. The Hall–Kier alpha value is -2.37. The Kier molecular flexibility index (Phi) is 6.30. The fraction of sp³-hybridized carbons (Fsp3) is 0.609. The van der Waals surface area contributed by atoms with Crippen LogP contribution in [0.2, 0.25) is 0 Å². The summed E-state index contributed by atoms with van der Waals surface area (Å²) in [5, 5.41) is 9.39. The normalized spacial score (nSPS) is 21.9. The largest absolute Gasteiger partial charge is 0.496 e. The number of piperidine rings is 1. The number of methoxy groups -OCH3 is 1. The summed E-state index contributed by atoms with van der Waals surface area (Å²) in [6, 6.07) is 6.02. The van der Waals surface area contributed by atoms with E-state index in [9.17, 15) is 14.7 Å². The van der Waals surface area contributed by atoms with Crippen molar-refractivity contribution in [3.63, 3.8) is 0 Å². The summed E-state index contributed by atoms with van der Waals surface area (Å²) in [6.07, 6.45) is 2.39. The van der Waals surface area contributed by atoms with Gasteiger partial charge in [0.05, 0.1) is 7.11 Å². The van der Waals surface area contributed by atoms with Crippen LogP contribution < -0.4 is 4.74 Å². The van der Waals surface area contributed by atoms with Crippen LogP contribution in [0, 0.1) is 17.3 Å². The second-order valence-electron chi connectivity index (χ2n) is 9.18. The van der Waals surface area contributed by atoms with E-state index in [4.69, 9.17) is 9.73 Å². The summed E-state index contributed by atoms with van der Waals surface area (Å²) in [5.74, 6) is 0.370. The zero-order valence-corrected chi connectivity index (χ0v) is 17.9. The fourth-order valence-corrected chi connectivity index (χ4v) is 4.56. The van der Waals surface area contributed by atoms with Crippen molar-refractivity contribution in [1.82, 2.24) is 4.90 Å². The first-order valence-electron chi connectivity index (χ1n) is 10.4. The third kappa shape index (κ3) is 4.80. The molecule has 6 heteroatoms. The molecule has 29 heavy (non-hydrogen) atoms. The van der Waals surface area contributed by atoms with E-state index in [-0.39, 0.29) is 24.2 Å². The number of amides is 1. The highest BCUT2D eigenvalue weighted by Gasteiger charge is 2.37. The second-order valence-corrected chi connectivity index (χ2v) is 9.18. The number of carboxylic acids is 1. The molecule has 0 aromatic heterocycles. The summed E-state index contributed by atoms with van der Waals surface area (Å²) in [4.78, 5) is 31.0. The van der Waals surface area contributed by atoms with Crippen LogP contribution in [0.5, 0.6) is 5.75 Å². The van der Waals surface area contributed by atoms with Gasteiger partial charge in [-0.25, -0.2) is 0 Å². The highest BCUT2D eigenvalue weighted by molar-refractivity contribution is 6.03. The van der Waals surface area contributed by atoms with Gasteiger partial charge in [0.15, 0.2) is 0 Å². The van der Waals surface area contributed by atoms with Crippen LogP contribution in [0.25, 0.3) is 0 Å². The van der Waals surface area contributed by atoms with Gasteiger partial charge in [0, 0.05) is 48.3 Å². The SMILES string of the molecule is COc1cccc2c1CCN=C2C[C@H]1CN(C(=O)C(C)(C)C)CC[C@H]1CC(=O)O. The van der Waals surface area contributed by atoms with E-state index in [2.05, 4.69) is 6.07 Å². The van der Waals surface area contributed by atoms with Crippen LogP contribution in [0.4, 0.5) is 0 Å². The molecule has 1 aromatic carbocycles. The number of carbonyl (C=O) groups excluding carboxylic acids is 1. The van der Waals surface area contributed by atoms with Gasteiger partial charge in [-0.2, -0.15) is 0 Å². The first kappa shape index (κ1) is 21.3. The average Bonchev–Trinajstić information content (AvgIpc) is 2.67. The predicted molar refractivity (Wildman–Crippen MR) is 113 cm³/mol. The summed E-state index contributed by atoms with van der Waals surface area (Å²) in [7, 11) is 1.68. The number of ether oxygens (including phenoxy) is 1. The number of fused-ring (bicyclic) bond motifs is 1. The fourth-order valence-electron chi connectivity index (χ4n) is 4.56. The molecule has 2 aliphatic heterocycles. The number of hydrogen-bond acceptors (Lipinski definition) is 4. The van der Waals surface area contributed by atoms with E-state index in [1.165, 1.54) is 5.56 Å². The van der Waals surface area contributed by atoms with E-state index in [1.54, 1.807) is 7.11 Å². The molecule has 0 aliphatic carbocycles. The number of likely N-dealkylation sites (tertiary alicyclic amines) is 1. The highest BCUT2D eigenvalue weighted by Crippen LogP contribution is 2.35. The third-order valence-corrected chi connectivity index (χ3v) is 6.04. The molecule has 2 aliphatic rings. The summed E-state index contributed by atoms with van der Waals surface area (Å²) in [5.41, 5.74) is 2.85. The molecular weight excluding hydrogens is 368 g/mol. The first-order chi connectivity index (χ1) is 13.7. The summed E-state index contributed by atoms with van der Waals surface area (Å²) >= 11 is 0. The number of carboxylic acid groups (broad SMARTS) is 1. The summed E-state index contributed by atoms with van der Waals surface area (Å²) < 4.78 is 5.53. The van der Waals surface area contributed by atoms with Gasteiger partial charge in [-0.1, -0.05) is 32.9 Å². The number of aliphatic imine (C=N–C) groups is 1. The number of hydrogen-bond donors (Lipinski definition) is 1. The van der Waals surface area contributed by atoms with Crippen molar-refractivity contribution in [3.8, 4) is 5.75 Å². The van der Waals surface area contributed by atoms with Gasteiger partial charge >= 0.3 is 5.97 Å². The molecule has 2 atom stereocenters. The van der Waals surface area contributed by atoms with Gasteiger partial charge in [0.25, 0.3) is 0 Å². The average molecular weight is 401 g/mol. The van der Waals surface area contributed by atoms with Crippen molar-refractivity contribution in [2.24, 2.45) is 22.2 Å². The minimum atomic E-state index is -0.775. The molecule has 1 amide bonds.